The van der Waals surface area contributed by atoms with Crippen molar-refractivity contribution in [1.29, 1.82) is 0 Å². The van der Waals surface area contributed by atoms with Gasteiger partial charge in [0, 0.05) is 12.8 Å². The second-order valence-electron chi connectivity index (χ2n) is 2.19. The Hall–Kier alpha value is -1.23. The maximum absolute atomic E-state index is 10.9. The highest BCUT2D eigenvalue weighted by molar-refractivity contribution is 6.09. The smallest absolute Gasteiger partial charge is 0.347 e. The predicted octanol–water partition coefficient (Wildman–Crippen LogP) is -0.694. The summed E-state index contributed by atoms with van der Waals surface area (Å²) in [7, 11) is 0. The summed E-state index contributed by atoms with van der Waals surface area (Å²) >= 11 is 0. The molecule has 1 atom stereocenters. The zero-order chi connectivity index (χ0) is 8.27. The van der Waals surface area contributed by atoms with E-state index in [1.54, 1.807) is 0 Å². The molecule has 0 aromatic heterocycles. The van der Waals surface area contributed by atoms with Crippen molar-refractivity contribution in [2.75, 3.05) is 6.61 Å². The van der Waals surface area contributed by atoms with E-state index in [2.05, 4.69) is 4.99 Å². The van der Waals surface area contributed by atoms with Gasteiger partial charge in [0.25, 0.3) is 0 Å². The lowest BCUT2D eigenvalue weighted by Crippen LogP contribution is -2.39. The van der Waals surface area contributed by atoms with E-state index in [4.69, 9.17) is 5.11 Å². The first-order chi connectivity index (χ1) is 5.24. The molecule has 0 saturated heterocycles. The maximum Gasteiger partial charge on any atom is 0.347 e. The summed E-state index contributed by atoms with van der Waals surface area (Å²) in [5.41, 5.74) is 0. The lowest BCUT2D eigenvalue weighted by Gasteiger charge is -2.12. The van der Waals surface area contributed by atoms with E-state index in [1.807, 2.05) is 5.32 Å². The number of carbonyl (C=O) groups excluding carboxylic acids is 2. The van der Waals surface area contributed by atoms with Crippen LogP contribution >= 0.6 is 0 Å². The molecular formula is C6H8N2O3. The van der Waals surface area contributed by atoms with Crippen molar-refractivity contribution in [3.63, 3.8) is 0 Å². The Morgan fingerprint density at radius 3 is 2.91 bits per heavy atom. The highest BCUT2D eigenvalue weighted by atomic mass is 16.3. The fourth-order valence-electron chi connectivity index (χ4n) is 0.800. The van der Waals surface area contributed by atoms with E-state index in [9.17, 15) is 9.59 Å². The SMILES string of the molecule is O=C1N=C[C@H](CCO)C(=O)N1. The number of rotatable bonds is 2. The molecule has 3 amide bonds. The van der Waals surface area contributed by atoms with Gasteiger partial charge in [0.15, 0.2) is 0 Å². The normalized spacial score (nSPS) is 23.5. The van der Waals surface area contributed by atoms with Crippen molar-refractivity contribution >= 4 is 18.2 Å². The van der Waals surface area contributed by atoms with E-state index in [0.717, 1.165) is 0 Å². The van der Waals surface area contributed by atoms with E-state index in [0.29, 0.717) is 6.42 Å². The molecule has 0 spiro atoms. The third kappa shape index (κ3) is 1.84. The molecule has 5 heteroatoms. The first-order valence-electron chi connectivity index (χ1n) is 3.24. The second-order valence-corrected chi connectivity index (χ2v) is 2.19. The molecule has 0 aromatic rings. The summed E-state index contributed by atoms with van der Waals surface area (Å²) in [5, 5.41) is 10.5. The highest BCUT2D eigenvalue weighted by Gasteiger charge is 2.21. The van der Waals surface area contributed by atoms with Crippen LogP contribution in [-0.2, 0) is 4.79 Å². The monoisotopic (exact) mass is 156 g/mol. The lowest BCUT2D eigenvalue weighted by molar-refractivity contribution is -0.122. The van der Waals surface area contributed by atoms with Gasteiger partial charge in [-0.2, -0.15) is 0 Å². The fraction of sp³-hybridized carbons (Fsp3) is 0.500. The molecule has 0 bridgehead atoms. The van der Waals surface area contributed by atoms with Gasteiger partial charge < -0.3 is 5.11 Å². The van der Waals surface area contributed by atoms with Crippen LogP contribution in [0.5, 0.6) is 0 Å². The highest BCUT2D eigenvalue weighted by Crippen LogP contribution is 2.03. The fourth-order valence-corrected chi connectivity index (χ4v) is 0.800. The van der Waals surface area contributed by atoms with Gasteiger partial charge in [0.2, 0.25) is 5.91 Å². The zero-order valence-electron chi connectivity index (χ0n) is 5.78. The number of nitrogens with zero attached hydrogens (tertiary/aromatic N) is 1. The summed E-state index contributed by atoms with van der Waals surface area (Å²) < 4.78 is 0. The van der Waals surface area contributed by atoms with Gasteiger partial charge >= 0.3 is 6.03 Å². The van der Waals surface area contributed by atoms with Crippen molar-refractivity contribution in [1.82, 2.24) is 5.32 Å². The quantitative estimate of drug-likeness (QED) is 0.555. The number of imide groups is 1. The topological polar surface area (TPSA) is 78.8 Å². The number of aliphatic hydroxyl groups excluding tert-OH is 1. The molecular weight excluding hydrogens is 148 g/mol. The van der Waals surface area contributed by atoms with Crippen LogP contribution in [0.3, 0.4) is 0 Å². The third-order valence-electron chi connectivity index (χ3n) is 1.38. The van der Waals surface area contributed by atoms with Crippen molar-refractivity contribution in [2.45, 2.75) is 6.42 Å². The van der Waals surface area contributed by atoms with Gasteiger partial charge in [-0.3, -0.25) is 10.1 Å². The van der Waals surface area contributed by atoms with Gasteiger partial charge in [-0.1, -0.05) is 0 Å². The molecule has 0 aliphatic carbocycles. The Labute approximate surface area is 63.1 Å². The lowest BCUT2D eigenvalue weighted by atomic mass is 10.1. The Morgan fingerprint density at radius 1 is 1.64 bits per heavy atom. The van der Waals surface area contributed by atoms with Crippen molar-refractivity contribution < 1.29 is 14.7 Å². The summed E-state index contributed by atoms with van der Waals surface area (Å²) in [6.45, 7) is -0.0850. The van der Waals surface area contributed by atoms with Crippen molar-refractivity contribution in [3.8, 4) is 0 Å². The van der Waals surface area contributed by atoms with Crippen molar-refractivity contribution in [3.05, 3.63) is 0 Å². The van der Waals surface area contributed by atoms with Gasteiger partial charge in [-0.05, 0) is 6.42 Å². The predicted molar refractivity (Wildman–Crippen MR) is 37.2 cm³/mol. The number of hydrogen-bond acceptors (Lipinski definition) is 3. The minimum Gasteiger partial charge on any atom is -0.396 e. The summed E-state index contributed by atoms with van der Waals surface area (Å²) in [6, 6.07) is -0.635. The molecule has 2 N–H and O–H groups in total. The number of aliphatic hydroxyl groups is 1. The molecule has 0 radical (unpaired) electrons. The molecule has 0 saturated carbocycles. The Kier molecular flexibility index (Phi) is 2.32. The molecule has 0 unspecified atom stereocenters. The minimum absolute atomic E-state index is 0.0850. The van der Waals surface area contributed by atoms with E-state index < -0.39 is 11.9 Å². The molecule has 1 aliphatic heterocycles. The molecule has 5 nitrogen and oxygen atoms in total. The third-order valence-corrected chi connectivity index (χ3v) is 1.38. The minimum atomic E-state index is -0.635. The summed E-state index contributed by atoms with van der Waals surface area (Å²) in [5.74, 6) is -0.850. The number of hydrogen-bond donors (Lipinski definition) is 2. The van der Waals surface area contributed by atoms with Crippen molar-refractivity contribution in [2.24, 2.45) is 10.9 Å². The maximum atomic E-state index is 10.9. The number of amides is 3. The Bertz CT molecular complexity index is 212. The van der Waals surface area contributed by atoms with Gasteiger partial charge in [0.1, 0.15) is 0 Å². The molecule has 1 aliphatic rings. The van der Waals surface area contributed by atoms with Crippen LogP contribution < -0.4 is 5.32 Å². The van der Waals surface area contributed by atoms with Crippen LogP contribution in [0, 0.1) is 5.92 Å². The molecule has 0 aromatic carbocycles. The molecule has 60 valence electrons. The first-order valence-corrected chi connectivity index (χ1v) is 3.24. The average molecular weight is 156 g/mol. The van der Waals surface area contributed by atoms with Gasteiger partial charge in [-0.25, -0.2) is 9.79 Å². The molecule has 1 heterocycles. The summed E-state index contributed by atoms with van der Waals surface area (Å²) in [4.78, 5) is 24.7. The van der Waals surface area contributed by atoms with Crippen LogP contribution in [-0.4, -0.2) is 29.9 Å². The first kappa shape index (κ1) is 7.87. The van der Waals surface area contributed by atoms with E-state index >= 15 is 0 Å². The van der Waals surface area contributed by atoms with Crippen LogP contribution in [0.4, 0.5) is 4.79 Å². The number of carbonyl (C=O) groups is 2. The van der Waals surface area contributed by atoms with E-state index in [-0.39, 0.29) is 12.5 Å². The van der Waals surface area contributed by atoms with Gasteiger partial charge in [0.05, 0.1) is 5.92 Å². The Morgan fingerprint density at radius 2 is 2.36 bits per heavy atom. The Balaban J connectivity index is 2.61. The zero-order valence-corrected chi connectivity index (χ0v) is 5.78. The number of urea groups is 1. The number of nitrogens with one attached hydrogen (secondary N) is 1. The molecule has 0 fully saturated rings. The van der Waals surface area contributed by atoms with Crippen LogP contribution in [0.25, 0.3) is 0 Å². The van der Waals surface area contributed by atoms with Crippen LogP contribution in [0.2, 0.25) is 0 Å². The largest absolute Gasteiger partial charge is 0.396 e. The number of aliphatic imine (C=N–C) groups is 1. The van der Waals surface area contributed by atoms with Crippen LogP contribution in [0.1, 0.15) is 6.42 Å². The molecule has 11 heavy (non-hydrogen) atoms. The average Bonchev–Trinajstić information content (AvgIpc) is 1.95. The standard InChI is InChI=1S/C6H8N2O3/c9-2-1-4-3-7-6(11)8-5(4)10/h3-4,9H,1-2H2,(H,8,10,11)/t4-/m0/s1. The summed E-state index contributed by atoms with van der Waals surface area (Å²) in [6.07, 6.45) is 1.57. The second kappa shape index (κ2) is 3.25. The van der Waals surface area contributed by atoms with Crippen LogP contribution in [0.15, 0.2) is 4.99 Å². The molecule has 1 rings (SSSR count). The van der Waals surface area contributed by atoms with E-state index in [1.165, 1.54) is 6.21 Å². The van der Waals surface area contributed by atoms with Gasteiger partial charge in [-0.15, -0.1) is 0 Å².